The molecule has 1 spiro atoms. The van der Waals surface area contributed by atoms with Crippen LogP contribution in [0.1, 0.15) is 52.0 Å². The number of carbonyl (C=O) groups is 2. The number of halogens is 3. The third kappa shape index (κ3) is 4.66. The number of anilines is 1. The van der Waals surface area contributed by atoms with E-state index in [0.29, 0.717) is 13.2 Å². The fourth-order valence-corrected chi connectivity index (χ4v) is 24.8. The summed E-state index contributed by atoms with van der Waals surface area (Å²) in [6, 6.07) is 5.00. The Kier molecular flexibility index (Phi) is 7.32. The van der Waals surface area contributed by atoms with E-state index in [4.69, 9.17) is 4.74 Å². The summed E-state index contributed by atoms with van der Waals surface area (Å²) in [6.45, 7) is 6.92. The standard InChI is InChI=1S/C26H39FI2NO3/c1-6-33-25(32)29(5)13-9-21(10-14-29)28(4)15-11-26(12-16-28)18-30(24(31)19(2)3)23-8-7-20(27)17-22(23)26/h7-8,17,19,21H,5-6,9-16,18H2,1-4H3/q-1. The van der Waals surface area contributed by atoms with Gasteiger partial charge in [0.05, 0.1) is 0 Å². The van der Waals surface area contributed by atoms with Crippen molar-refractivity contribution in [1.82, 2.24) is 0 Å². The van der Waals surface area contributed by atoms with Gasteiger partial charge in [-0.25, -0.2) is 0 Å². The van der Waals surface area contributed by atoms with Gasteiger partial charge < -0.3 is 0 Å². The molecule has 1 aromatic carbocycles. The third-order valence-corrected chi connectivity index (χ3v) is 27.0. The van der Waals surface area contributed by atoms with Gasteiger partial charge in [-0.05, 0) is 0 Å². The Bertz CT molecular complexity index is 972. The van der Waals surface area contributed by atoms with Gasteiger partial charge in [-0.3, -0.25) is 0 Å². The number of hydrogen-bond donors (Lipinski definition) is 0. The van der Waals surface area contributed by atoms with Crippen molar-refractivity contribution < 1.29 is 37.1 Å². The molecule has 0 aliphatic carbocycles. The van der Waals surface area contributed by atoms with Crippen molar-refractivity contribution >= 4 is 38.0 Å². The Morgan fingerprint density at radius 2 is 1.91 bits per heavy atom. The van der Waals surface area contributed by atoms with Gasteiger partial charge in [0.2, 0.25) is 0 Å². The third-order valence-electron chi connectivity index (χ3n) is 7.95. The molecule has 33 heavy (non-hydrogen) atoms. The van der Waals surface area contributed by atoms with Gasteiger partial charge in [-0.2, -0.15) is 0 Å². The maximum atomic E-state index is 14.3. The van der Waals surface area contributed by atoms with E-state index in [1.165, 1.54) is 14.9 Å². The van der Waals surface area contributed by atoms with Crippen molar-refractivity contribution in [2.24, 2.45) is 5.92 Å². The number of benzene rings is 1. The quantitative estimate of drug-likeness (QED) is 0.278. The number of carbonyl (C=O) groups excluding carboxylic acids is 2. The van der Waals surface area contributed by atoms with Gasteiger partial charge in [0, 0.05) is 0 Å². The molecule has 7 heteroatoms. The number of nitrogens with zero attached hydrogens (tertiary/aromatic N) is 1. The number of amides is 1. The molecular formula is C26H39FI2NO3-. The van der Waals surface area contributed by atoms with E-state index in [2.05, 4.69) is 9.45 Å². The van der Waals surface area contributed by atoms with Crippen LogP contribution in [0.2, 0.25) is 0 Å². The van der Waals surface area contributed by atoms with E-state index < -0.39 is 36.4 Å². The Morgan fingerprint density at radius 3 is 2.48 bits per heavy atom. The van der Waals surface area contributed by atoms with E-state index in [0.717, 1.165) is 49.7 Å². The molecule has 4 nitrogen and oxygen atoms in total. The Morgan fingerprint density at radius 1 is 1.27 bits per heavy atom. The number of rotatable bonds is 4. The average Bonchev–Trinajstić information content (AvgIpc) is 3.09. The molecule has 0 atom stereocenters. The summed E-state index contributed by atoms with van der Waals surface area (Å²) in [5, 5.41) is 0. The van der Waals surface area contributed by atoms with Crippen molar-refractivity contribution in [3.63, 3.8) is 0 Å². The summed E-state index contributed by atoms with van der Waals surface area (Å²) < 4.78 is 29.4. The molecule has 2 saturated heterocycles. The van der Waals surface area contributed by atoms with Crippen LogP contribution in [0.25, 0.3) is 0 Å². The zero-order valence-electron chi connectivity index (χ0n) is 20.5. The molecule has 0 bridgehead atoms. The predicted molar refractivity (Wildman–Crippen MR) is 141 cm³/mol. The molecule has 1 amide bonds. The molecule has 2 fully saturated rings. The van der Waals surface area contributed by atoms with Crippen LogP contribution < -0.4 is 23.3 Å². The van der Waals surface area contributed by atoms with E-state index in [1.807, 2.05) is 31.7 Å². The second kappa shape index (κ2) is 9.47. The summed E-state index contributed by atoms with van der Waals surface area (Å²) in [5.74, 6) is -0.136. The summed E-state index contributed by atoms with van der Waals surface area (Å²) >= 11 is -4.67. The molecule has 3 heterocycles. The first-order chi connectivity index (χ1) is 15.5. The summed E-state index contributed by atoms with van der Waals surface area (Å²) in [6.07, 6.45) is 4.43. The SMILES string of the molecule is C=I1(C(=O)OCC)CCC([I-]2(C)CCC3(CC2)CN(C(=O)C(C)C)c2ccc(F)cc23)CC1. The van der Waals surface area contributed by atoms with Crippen LogP contribution in [-0.2, 0) is 14.9 Å². The minimum absolute atomic E-state index is 0.0432. The second-order valence-electron chi connectivity index (χ2n) is 10.3. The average molecular weight is 686 g/mol. The first kappa shape index (κ1) is 25.5. The van der Waals surface area contributed by atoms with Gasteiger partial charge in [0.15, 0.2) is 0 Å². The van der Waals surface area contributed by atoms with Crippen molar-refractivity contribution in [2.45, 2.75) is 55.8 Å². The minimum atomic E-state index is -2.66. The molecular weight excluding hydrogens is 647 g/mol. The number of hydrogen-bond acceptors (Lipinski definition) is 3. The molecule has 0 saturated carbocycles. The predicted octanol–water partition coefficient (Wildman–Crippen LogP) is 2.44. The number of ether oxygens (including phenoxy) is 1. The summed E-state index contributed by atoms with van der Waals surface area (Å²) in [7, 11) is 0. The number of alkyl halides is 6. The molecule has 0 radical (unpaired) electrons. The Balaban J connectivity index is 1.49. The maximum absolute atomic E-state index is 14.3. The first-order valence-corrected chi connectivity index (χ1v) is 24.1. The summed E-state index contributed by atoms with van der Waals surface area (Å²) in [5.41, 5.74) is 1.88. The normalized spacial score (nSPS) is 37.8. The van der Waals surface area contributed by atoms with E-state index in [9.17, 15) is 14.0 Å². The van der Waals surface area contributed by atoms with Crippen LogP contribution in [0.15, 0.2) is 18.2 Å². The second-order valence-corrected chi connectivity index (χ2v) is 30.0. The Hall–Kier alpha value is -0.580. The topological polar surface area (TPSA) is 46.6 Å². The van der Waals surface area contributed by atoms with Crippen molar-refractivity contribution in [3.8, 4) is 0 Å². The van der Waals surface area contributed by atoms with Crippen molar-refractivity contribution in [1.29, 1.82) is 0 Å². The molecule has 3 aliphatic heterocycles. The van der Waals surface area contributed by atoms with E-state index in [1.54, 1.807) is 6.07 Å². The van der Waals surface area contributed by atoms with E-state index in [-0.39, 0.29) is 27.0 Å². The van der Waals surface area contributed by atoms with Crippen molar-refractivity contribution in [2.75, 3.05) is 40.7 Å². The monoisotopic (exact) mass is 686 g/mol. The van der Waals surface area contributed by atoms with E-state index >= 15 is 0 Å². The van der Waals surface area contributed by atoms with Gasteiger partial charge >= 0.3 is 207 Å². The fourth-order valence-electron chi connectivity index (χ4n) is 5.70. The van der Waals surface area contributed by atoms with Crippen LogP contribution in [0.5, 0.6) is 0 Å². The molecule has 1 aromatic rings. The Labute approximate surface area is 205 Å². The molecule has 3 aliphatic rings. The van der Waals surface area contributed by atoms with Crippen LogP contribution in [0.3, 0.4) is 0 Å². The summed E-state index contributed by atoms with van der Waals surface area (Å²) in [4.78, 5) is 30.0. The molecule has 4 rings (SSSR count). The van der Waals surface area contributed by atoms with Crippen molar-refractivity contribution in [3.05, 3.63) is 29.6 Å². The molecule has 188 valence electrons. The molecule has 0 unspecified atom stereocenters. The van der Waals surface area contributed by atoms with Crippen LogP contribution >= 0.6 is 18.0 Å². The number of fused-ring (bicyclic) bond motifs is 2. The fraction of sp³-hybridized carbons (Fsp3) is 0.654. The van der Waals surface area contributed by atoms with Gasteiger partial charge in [0.25, 0.3) is 0 Å². The molecule has 0 aromatic heterocycles. The zero-order valence-corrected chi connectivity index (χ0v) is 24.8. The molecule has 0 N–H and O–H groups in total. The van der Waals surface area contributed by atoms with Crippen LogP contribution in [0, 0.1) is 11.7 Å². The van der Waals surface area contributed by atoms with Gasteiger partial charge in [0.1, 0.15) is 0 Å². The van der Waals surface area contributed by atoms with Gasteiger partial charge in [-0.1, -0.05) is 0 Å². The van der Waals surface area contributed by atoms with Gasteiger partial charge in [-0.15, -0.1) is 0 Å². The zero-order chi connectivity index (χ0) is 24.0. The first-order valence-electron chi connectivity index (χ1n) is 12.0. The van der Waals surface area contributed by atoms with Crippen LogP contribution in [0.4, 0.5) is 14.9 Å². The van der Waals surface area contributed by atoms with Crippen LogP contribution in [-0.4, -0.2) is 54.1 Å².